The molecule has 21 heavy (non-hydrogen) atoms. The minimum absolute atomic E-state index is 0.207. The number of rotatable bonds is 2. The number of nitrogens with zero attached hydrogens (tertiary/aromatic N) is 3. The molecule has 2 saturated heterocycles. The van der Waals surface area contributed by atoms with Gasteiger partial charge < -0.3 is 10.2 Å². The number of anilines is 1. The molecular weight excluding hydrogens is 288 g/mol. The molecule has 2 aliphatic rings. The maximum Gasteiger partial charge on any atom is 0.294 e. The van der Waals surface area contributed by atoms with Gasteiger partial charge >= 0.3 is 0 Å². The van der Waals surface area contributed by atoms with Crippen molar-refractivity contribution in [3.63, 3.8) is 0 Å². The monoisotopic (exact) mass is 304 g/mol. The topological polar surface area (TPSA) is 71.3 Å². The van der Waals surface area contributed by atoms with Crippen molar-refractivity contribution in [2.75, 3.05) is 24.5 Å². The molecule has 0 aliphatic carbocycles. The molecule has 6 nitrogen and oxygen atoms in total. The summed E-state index contributed by atoms with van der Waals surface area (Å²) in [5, 5.41) is 15.8. The molecule has 2 aliphatic heterocycles. The number of benzene rings is 1. The molecule has 1 N–H and O–H groups in total. The Hall–Kier alpha value is -1.73. The van der Waals surface area contributed by atoms with Crippen molar-refractivity contribution in [1.29, 1.82) is 0 Å². The van der Waals surface area contributed by atoms with Gasteiger partial charge in [-0.25, -0.2) is 4.98 Å². The Balaban J connectivity index is 1.85. The Morgan fingerprint density at radius 2 is 2.33 bits per heavy atom. The van der Waals surface area contributed by atoms with E-state index in [1.54, 1.807) is 6.07 Å². The predicted molar refractivity (Wildman–Crippen MR) is 83.1 cm³/mol. The number of hydrogen-bond donors (Lipinski definition) is 1. The van der Waals surface area contributed by atoms with E-state index < -0.39 is 0 Å². The van der Waals surface area contributed by atoms with E-state index in [9.17, 15) is 10.1 Å². The summed E-state index contributed by atoms with van der Waals surface area (Å²) in [6.07, 6.45) is 1.10. The molecule has 2 fully saturated rings. The van der Waals surface area contributed by atoms with Crippen molar-refractivity contribution >= 4 is 32.9 Å². The summed E-state index contributed by atoms with van der Waals surface area (Å²) in [6, 6.07) is 3.96. The molecule has 0 unspecified atom stereocenters. The van der Waals surface area contributed by atoms with Gasteiger partial charge in [0.05, 0.1) is 20.1 Å². The van der Waals surface area contributed by atoms with Gasteiger partial charge in [0.2, 0.25) is 0 Å². The Kier molecular flexibility index (Phi) is 2.87. The fourth-order valence-corrected chi connectivity index (χ4v) is 4.43. The van der Waals surface area contributed by atoms with Crippen molar-refractivity contribution in [2.45, 2.75) is 19.4 Å². The lowest BCUT2D eigenvalue weighted by Gasteiger charge is -2.25. The lowest BCUT2D eigenvalue weighted by Crippen LogP contribution is -2.34. The third-order valence-electron chi connectivity index (χ3n) is 4.54. The van der Waals surface area contributed by atoms with Crippen LogP contribution < -0.4 is 10.2 Å². The molecule has 2 atom stereocenters. The molecule has 0 saturated carbocycles. The van der Waals surface area contributed by atoms with Gasteiger partial charge in [-0.15, -0.1) is 11.3 Å². The van der Waals surface area contributed by atoms with E-state index in [0.717, 1.165) is 47.0 Å². The van der Waals surface area contributed by atoms with Gasteiger partial charge in [-0.3, -0.25) is 10.1 Å². The van der Waals surface area contributed by atoms with Gasteiger partial charge in [0, 0.05) is 31.7 Å². The van der Waals surface area contributed by atoms with Gasteiger partial charge in [0.1, 0.15) is 5.69 Å². The second-order valence-corrected chi connectivity index (χ2v) is 7.00. The molecule has 0 amide bonds. The van der Waals surface area contributed by atoms with E-state index in [1.165, 1.54) is 11.3 Å². The quantitative estimate of drug-likeness (QED) is 0.681. The molecule has 110 valence electrons. The first-order valence-electron chi connectivity index (χ1n) is 7.16. The number of hydrogen-bond acceptors (Lipinski definition) is 6. The van der Waals surface area contributed by atoms with E-state index in [2.05, 4.69) is 15.2 Å². The molecule has 3 heterocycles. The van der Waals surface area contributed by atoms with Crippen molar-refractivity contribution in [1.82, 2.24) is 10.3 Å². The van der Waals surface area contributed by atoms with E-state index >= 15 is 0 Å². The normalized spacial score (nSPS) is 24.7. The van der Waals surface area contributed by atoms with E-state index in [-0.39, 0.29) is 10.6 Å². The summed E-state index contributed by atoms with van der Waals surface area (Å²) in [4.78, 5) is 17.9. The first-order chi connectivity index (χ1) is 10.1. The zero-order valence-corrected chi connectivity index (χ0v) is 12.5. The number of aryl methyl sites for hydroxylation is 1. The van der Waals surface area contributed by atoms with Crippen LogP contribution in [0.3, 0.4) is 0 Å². The van der Waals surface area contributed by atoms with Crippen LogP contribution in [0.25, 0.3) is 10.2 Å². The summed E-state index contributed by atoms with van der Waals surface area (Å²) >= 11 is 1.51. The van der Waals surface area contributed by atoms with Crippen LogP contribution in [0.5, 0.6) is 0 Å². The highest BCUT2D eigenvalue weighted by molar-refractivity contribution is 7.18. The largest absolute Gasteiger partial charge is 0.361 e. The van der Waals surface area contributed by atoms with Gasteiger partial charge in [0.25, 0.3) is 5.69 Å². The minimum Gasteiger partial charge on any atom is -0.361 e. The number of nitrogens with one attached hydrogen (secondary N) is 1. The standard InChI is InChI=1S/C14H16N4O2S/c1-8-16-10-4-11(12(18(19)20)5-14(10)21-8)17-3-2-9-6-15-7-13(9)17/h4-5,9,13,15H,2-3,6-7H2,1H3/t9-,13+/m0/s1. The molecule has 0 spiro atoms. The summed E-state index contributed by atoms with van der Waals surface area (Å²) in [5.74, 6) is 0.609. The maximum absolute atomic E-state index is 11.5. The van der Waals surface area contributed by atoms with Gasteiger partial charge in [-0.1, -0.05) is 0 Å². The highest BCUT2D eigenvalue weighted by Crippen LogP contribution is 2.40. The third-order valence-corrected chi connectivity index (χ3v) is 5.48. The summed E-state index contributed by atoms with van der Waals surface area (Å²) in [7, 11) is 0. The first kappa shape index (κ1) is 13.0. The molecule has 1 aromatic heterocycles. The smallest absolute Gasteiger partial charge is 0.294 e. The molecular formula is C14H16N4O2S. The summed E-state index contributed by atoms with van der Waals surface area (Å²) < 4.78 is 0.892. The van der Waals surface area contributed by atoms with Gasteiger partial charge in [-0.2, -0.15) is 0 Å². The maximum atomic E-state index is 11.5. The van der Waals surface area contributed by atoms with E-state index in [1.807, 2.05) is 13.0 Å². The van der Waals surface area contributed by atoms with Crippen LogP contribution in [0.15, 0.2) is 12.1 Å². The third kappa shape index (κ3) is 1.99. The lowest BCUT2D eigenvalue weighted by molar-refractivity contribution is -0.384. The second-order valence-electron chi connectivity index (χ2n) is 5.77. The van der Waals surface area contributed by atoms with Crippen LogP contribution in [0.2, 0.25) is 0 Å². The molecule has 4 rings (SSSR count). The molecule has 1 aromatic carbocycles. The number of fused-ring (bicyclic) bond motifs is 2. The zero-order valence-electron chi connectivity index (χ0n) is 11.7. The second kappa shape index (κ2) is 4.64. The number of thiazole rings is 1. The first-order valence-corrected chi connectivity index (χ1v) is 7.98. The van der Waals surface area contributed by atoms with Gasteiger partial charge in [-0.05, 0) is 25.3 Å². The van der Waals surface area contributed by atoms with Crippen molar-refractivity contribution < 1.29 is 4.92 Å². The molecule has 0 bridgehead atoms. The molecule has 2 aromatic rings. The van der Waals surface area contributed by atoms with Gasteiger partial charge in [0.15, 0.2) is 0 Å². The Labute approximate surface area is 125 Å². The van der Waals surface area contributed by atoms with Crippen molar-refractivity contribution in [3.05, 3.63) is 27.3 Å². The van der Waals surface area contributed by atoms with E-state index in [0.29, 0.717) is 12.0 Å². The van der Waals surface area contributed by atoms with Crippen molar-refractivity contribution in [2.24, 2.45) is 5.92 Å². The average Bonchev–Trinajstić information content (AvgIpc) is 3.09. The molecule has 0 radical (unpaired) electrons. The lowest BCUT2D eigenvalue weighted by atomic mass is 10.0. The number of aromatic nitrogens is 1. The zero-order chi connectivity index (χ0) is 14.6. The number of nitro benzene ring substituents is 1. The van der Waals surface area contributed by atoms with Crippen molar-refractivity contribution in [3.8, 4) is 0 Å². The minimum atomic E-state index is -0.264. The van der Waals surface area contributed by atoms with Crippen LogP contribution in [0, 0.1) is 23.0 Å². The van der Waals surface area contributed by atoms with Crippen LogP contribution >= 0.6 is 11.3 Å². The fourth-order valence-electron chi connectivity index (χ4n) is 3.59. The fraction of sp³-hybridized carbons (Fsp3) is 0.500. The Morgan fingerprint density at radius 1 is 1.48 bits per heavy atom. The summed E-state index contributed by atoms with van der Waals surface area (Å²) in [6.45, 7) is 4.76. The highest BCUT2D eigenvalue weighted by atomic mass is 32.1. The SMILES string of the molecule is Cc1nc2cc(N3CC[C@H]4CNC[C@H]43)c([N+](=O)[O-])cc2s1. The van der Waals surface area contributed by atoms with Crippen LogP contribution in [0.4, 0.5) is 11.4 Å². The predicted octanol–water partition coefficient (Wildman–Crippen LogP) is 2.31. The number of nitro groups is 1. The highest BCUT2D eigenvalue weighted by Gasteiger charge is 2.39. The Bertz CT molecular complexity index is 729. The Morgan fingerprint density at radius 3 is 3.14 bits per heavy atom. The van der Waals surface area contributed by atoms with Crippen LogP contribution in [0.1, 0.15) is 11.4 Å². The van der Waals surface area contributed by atoms with Crippen LogP contribution in [-0.4, -0.2) is 35.6 Å². The molecule has 7 heteroatoms. The van der Waals surface area contributed by atoms with Crippen LogP contribution in [-0.2, 0) is 0 Å². The summed E-state index contributed by atoms with van der Waals surface area (Å²) in [5.41, 5.74) is 1.81. The average molecular weight is 304 g/mol. The van der Waals surface area contributed by atoms with E-state index in [4.69, 9.17) is 0 Å².